The summed E-state index contributed by atoms with van der Waals surface area (Å²) in [5.41, 5.74) is 3.40. The van der Waals surface area contributed by atoms with Crippen molar-refractivity contribution >= 4 is 40.0 Å². The summed E-state index contributed by atoms with van der Waals surface area (Å²) in [4.78, 5) is 4.82. The first-order valence-electron chi connectivity index (χ1n) is 8.55. The SMILES string of the molecule is N=c1c2ccccc2nc2n1N(c1ccccc1)[C@H](c1ccc(Cl)cc1)S2. The Morgan fingerprint density at radius 2 is 1.59 bits per heavy atom. The molecule has 4 nitrogen and oxygen atoms in total. The van der Waals surface area contributed by atoms with Crippen molar-refractivity contribution in [3.05, 3.63) is 94.9 Å². The van der Waals surface area contributed by atoms with Crippen LogP contribution in [-0.4, -0.2) is 9.66 Å². The fourth-order valence-corrected chi connectivity index (χ4v) is 4.70. The molecule has 1 aliphatic heterocycles. The Labute approximate surface area is 165 Å². The number of nitrogens with one attached hydrogen (secondary N) is 1. The number of benzene rings is 3. The predicted molar refractivity (Wildman–Crippen MR) is 110 cm³/mol. The number of thioether (sulfide) groups is 1. The minimum Gasteiger partial charge on any atom is -0.282 e. The van der Waals surface area contributed by atoms with Crippen molar-refractivity contribution in [3.63, 3.8) is 0 Å². The van der Waals surface area contributed by atoms with Gasteiger partial charge in [-0.2, -0.15) is 0 Å². The van der Waals surface area contributed by atoms with Crippen LogP contribution in [0.15, 0.2) is 84.0 Å². The van der Waals surface area contributed by atoms with Gasteiger partial charge in [0.15, 0.2) is 10.6 Å². The summed E-state index contributed by atoms with van der Waals surface area (Å²) in [7, 11) is 0. The monoisotopic (exact) mass is 390 g/mol. The summed E-state index contributed by atoms with van der Waals surface area (Å²) < 4.78 is 1.90. The lowest BCUT2D eigenvalue weighted by atomic mass is 10.2. The van der Waals surface area contributed by atoms with E-state index in [4.69, 9.17) is 22.0 Å². The normalized spacial score (nSPS) is 15.9. The number of anilines is 1. The molecule has 2 heterocycles. The van der Waals surface area contributed by atoms with Crippen molar-refractivity contribution in [1.82, 2.24) is 9.66 Å². The van der Waals surface area contributed by atoms with Gasteiger partial charge in [-0.15, -0.1) is 0 Å². The number of halogens is 1. The standard InChI is InChI=1S/C21H15ClN4S/c22-15-12-10-14(11-13-15)20-25(16-6-2-1-3-7-16)26-19(23)17-8-4-5-9-18(17)24-21(26)27-20/h1-13,20,23H/t20-/m0/s1. The molecule has 0 amide bonds. The third kappa shape index (κ3) is 2.71. The van der Waals surface area contributed by atoms with E-state index in [-0.39, 0.29) is 5.37 Å². The molecule has 0 spiro atoms. The Balaban J connectivity index is 1.76. The molecule has 0 aliphatic carbocycles. The van der Waals surface area contributed by atoms with Crippen LogP contribution in [0.25, 0.3) is 10.9 Å². The molecule has 0 unspecified atom stereocenters. The average Bonchev–Trinajstić information content (AvgIpc) is 3.09. The highest BCUT2D eigenvalue weighted by atomic mass is 35.5. The number of fused-ring (bicyclic) bond motifs is 2. The topological polar surface area (TPSA) is 44.9 Å². The van der Waals surface area contributed by atoms with Gasteiger partial charge in [-0.1, -0.05) is 65.8 Å². The third-order valence-corrected chi connectivity index (χ3v) is 6.02. The van der Waals surface area contributed by atoms with Crippen LogP contribution in [-0.2, 0) is 0 Å². The maximum absolute atomic E-state index is 8.83. The Morgan fingerprint density at radius 1 is 0.889 bits per heavy atom. The fourth-order valence-electron chi connectivity index (χ4n) is 3.33. The van der Waals surface area contributed by atoms with Crippen molar-refractivity contribution in [2.45, 2.75) is 10.5 Å². The highest BCUT2D eigenvalue weighted by molar-refractivity contribution is 7.99. The zero-order valence-electron chi connectivity index (χ0n) is 14.2. The molecule has 1 aliphatic rings. The number of hydrogen-bond acceptors (Lipinski definition) is 4. The van der Waals surface area contributed by atoms with Crippen molar-refractivity contribution in [3.8, 4) is 0 Å². The molecule has 132 valence electrons. The van der Waals surface area contributed by atoms with E-state index in [9.17, 15) is 0 Å². The fraction of sp³-hybridized carbons (Fsp3) is 0.0476. The largest absolute Gasteiger partial charge is 0.282 e. The number of hydrogen-bond donors (Lipinski definition) is 1. The molecular weight excluding hydrogens is 376 g/mol. The van der Waals surface area contributed by atoms with Gasteiger partial charge < -0.3 is 0 Å². The lowest BCUT2D eigenvalue weighted by Gasteiger charge is -2.27. The molecule has 1 aromatic heterocycles. The minimum absolute atomic E-state index is 0.0296. The van der Waals surface area contributed by atoms with E-state index in [0.29, 0.717) is 10.5 Å². The summed E-state index contributed by atoms with van der Waals surface area (Å²) in [6, 6.07) is 25.8. The molecule has 1 atom stereocenters. The molecule has 0 saturated heterocycles. The average molecular weight is 391 g/mol. The molecule has 0 bridgehead atoms. The van der Waals surface area contributed by atoms with Gasteiger partial charge in [0.2, 0.25) is 0 Å². The van der Waals surface area contributed by atoms with E-state index in [1.165, 1.54) is 0 Å². The molecular formula is C21H15ClN4S. The van der Waals surface area contributed by atoms with Gasteiger partial charge in [-0.25, -0.2) is 9.66 Å². The number of aromatic nitrogens is 2. The van der Waals surface area contributed by atoms with Gasteiger partial charge in [0.25, 0.3) is 0 Å². The van der Waals surface area contributed by atoms with Gasteiger partial charge in [-0.3, -0.25) is 10.4 Å². The van der Waals surface area contributed by atoms with Crippen LogP contribution < -0.4 is 10.5 Å². The zero-order chi connectivity index (χ0) is 18.4. The van der Waals surface area contributed by atoms with E-state index in [1.807, 2.05) is 71.4 Å². The Hall–Kier alpha value is -2.76. The first-order chi connectivity index (χ1) is 13.2. The molecule has 4 aromatic rings. The van der Waals surface area contributed by atoms with E-state index in [2.05, 4.69) is 17.1 Å². The van der Waals surface area contributed by atoms with Crippen LogP contribution >= 0.6 is 23.4 Å². The van der Waals surface area contributed by atoms with Gasteiger partial charge >= 0.3 is 0 Å². The van der Waals surface area contributed by atoms with Crippen molar-refractivity contribution in [1.29, 1.82) is 5.41 Å². The van der Waals surface area contributed by atoms with Crippen LogP contribution in [0.3, 0.4) is 0 Å². The second-order valence-electron chi connectivity index (χ2n) is 6.27. The number of rotatable bonds is 2. The molecule has 0 fully saturated rings. The van der Waals surface area contributed by atoms with Crippen molar-refractivity contribution in [2.24, 2.45) is 0 Å². The summed E-state index contributed by atoms with van der Waals surface area (Å²) in [5, 5.41) is 13.3. The van der Waals surface area contributed by atoms with Crippen LogP contribution in [0.5, 0.6) is 0 Å². The van der Waals surface area contributed by atoms with E-state index in [1.54, 1.807) is 11.8 Å². The highest BCUT2D eigenvalue weighted by Crippen LogP contribution is 2.45. The summed E-state index contributed by atoms with van der Waals surface area (Å²) in [6.07, 6.45) is 0. The summed E-state index contributed by atoms with van der Waals surface area (Å²) in [5.74, 6) is 0. The summed E-state index contributed by atoms with van der Waals surface area (Å²) >= 11 is 7.73. The van der Waals surface area contributed by atoms with Crippen molar-refractivity contribution in [2.75, 3.05) is 5.01 Å². The molecule has 0 saturated carbocycles. The van der Waals surface area contributed by atoms with Crippen LogP contribution in [0, 0.1) is 5.41 Å². The molecule has 5 rings (SSSR count). The van der Waals surface area contributed by atoms with Crippen molar-refractivity contribution < 1.29 is 0 Å². The Kier molecular flexibility index (Phi) is 3.92. The molecule has 0 radical (unpaired) electrons. The molecule has 3 aromatic carbocycles. The first-order valence-corrected chi connectivity index (χ1v) is 9.81. The van der Waals surface area contributed by atoms with Gasteiger partial charge in [0.1, 0.15) is 5.37 Å². The highest BCUT2D eigenvalue weighted by Gasteiger charge is 2.34. The maximum atomic E-state index is 8.83. The number of para-hydroxylation sites is 2. The Bertz CT molecular complexity index is 1190. The molecule has 27 heavy (non-hydrogen) atoms. The van der Waals surface area contributed by atoms with E-state index < -0.39 is 0 Å². The summed E-state index contributed by atoms with van der Waals surface area (Å²) in [6.45, 7) is 0. The van der Waals surface area contributed by atoms with E-state index in [0.717, 1.165) is 27.3 Å². The van der Waals surface area contributed by atoms with Crippen LogP contribution in [0.1, 0.15) is 10.9 Å². The third-order valence-electron chi connectivity index (χ3n) is 4.60. The Morgan fingerprint density at radius 3 is 2.37 bits per heavy atom. The predicted octanol–water partition coefficient (Wildman–Crippen LogP) is 5.24. The number of nitrogens with zero attached hydrogens (tertiary/aromatic N) is 3. The van der Waals surface area contributed by atoms with Crippen LogP contribution in [0.2, 0.25) is 5.02 Å². The van der Waals surface area contributed by atoms with Crippen LogP contribution in [0.4, 0.5) is 5.69 Å². The second-order valence-corrected chi connectivity index (χ2v) is 7.76. The molecule has 1 N–H and O–H groups in total. The smallest absolute Gasteiger partial charge is 0.192 e. The molecule has 6 heteroatoms. The van der Waals surface area contributed by atoms with Gasteiger partial charge in [0, 0.05) is 10.4 Å². The lowest BCUT2D eigenvalue weighted by Crippen LogP contribution is -2.37. The minimum atomic E-state index is -0.0296. The first kappa shape index (κ1) is 16.4. The van der Waals surface area contributed by atoms with Gasteiger partial charge in [-0.05, 0) is 42.0 Å². The van der Waals surface area contributed by atoms with E-state index >= 15 is 0 Å². The zero-order valence-corrected chi connectivity index (χ0v) is 15.8. The quantitative estimate of drug-likeness (QED) is 0.476. The second kappa shape index (κ2) is 6.44. The lowest BCUT2D eigenvalue weighted by molar-refractivity contribution is 0.605. The maximum Gasteiger partial charge on any atom is 0.192 e. The van der Waals surface area contributed by atoms with Gasteiger partial charge in [0.05, 0.1) is 11.2 Å².